The third-order valence-corrected chi connectivity index (χ3v) is 2.56. The van der Waals surface area contributed by atoms with Gasteiger partial charge in [0, 0.05) is 11.8 Å². The van der Waals surface area contributed by atoms with E-state index >= 15 is 0 Å². The maximum atomic E-state index is 10.4. The van der Waals surface area contributed by atoms with E-state index in [9.17, 15) is 4.79 Å². The predicted molar refractivity (Wildman–Crippen MR) is 61.5 cm³/mol. The minimum Gasteiger partial charge on any atom is -0.481 e. The van der Waals surface area contributed by atoms with Crippen LogP contribution in [0.1, 0.15) is 24.2 Å². The molecule has 2 rings (SSSR count). The standard InChI is InChI=1S/C13H14O3/c1-9-7-11-8-10(3-2-4-13(14)15)5-6-12(11)16-9/h5-8H,2-4H2,1H3,(H,14,15). The van der Waals surface area contributed by atoms with Gasteiger partial charge in [-0.3, -0.25) is 4.79 Å². The Morgan fingerprint density at radius 2 is 2.19 bits per heavy atom. The highest BCUT2D eigenvalue weighted by molar-refractivity contribution is 5.78. The summed E-state index contributed by atoms with van der Waals surface area (Å²) in [5.74, 6) is 0.165. The number of carboxylic acids is 1. The first kappa shape index (κ1) is 10.7. The topological polar surface area (TPSA) is 50.4 Å². The second kappa shape index (κ2) is 4.39. The van der Waals surface area contributed by atoms with E-state index in [0.717, 1.165) is 28.7 Å². The molecule has 0 aliphatic heterocycles. The highest BCUT2D eigenvalue weighted by Crippen LogP contribution is 2.20. The number of benzene rings is 1. The van der Waals surface area contributed by atoms with E-state index in [1.807, 2.05) is 25.1 Å². The van der Waals surface area contributed by atoms with E-state index in [1.54, 1.807) is 0 Å². The first-order valence-electron chi connectivity index (χ1n) is 5.36. The lowest BCUT2D eigenvalue weighted by molar-refractivity contribution is -0.137. The van der Waals surface area contributed by atoms with Crippen LogP contribution in [0.4, 0.5) is 0 Å². The fourth-order valence-corrected chi connectivity index (χ4v) is 1.82. The summed E-state index contributed by atoms with van der Waals surface area (Å²) in [6, 6.07) is 8.00. The number of hydrogen-bond donors (Lipinski definition) is 1. The molecule has 1 aromatic heterocycles. The fourth-order valence-electron chi connectivity index (χ4n) is 1.82. The van der Waals surface area contributed by atoms with E-state index in [-0.39, 0.29) is 6.42 Å². The summed E-state index contributed by atoms with van der Waals surface area (Å²) in [5, 5.41) is 9.64. The first-order chi connectivity index (χ1) is 7.65. The van der Waals surface area contributed by atoms with Crippen LogP contribution in [-0.2, 0) is 11.2 Å². The molecule has 0 radical (unpaired) electrons. The van der Waals surface area contributed by atoms with E-state index < -0.39 is 5.97 Å². The molecule has 1 heterocycles. The second-order valence-corrected chi connectivity index (χ2v) is 3.98. The zero-order chi connectivity index (χ0) is 11.5. The van der Waals surface area contributed by atoms with Gasteiger partial charge in [-0.1, -0.05) is 6.07 Å². The molecule has 2 aromatic rings. The third kappa shape index (κ3) is 2.42. The van der Waals surface area contributed by atoms with Crippen LogP contribution in [0, 0.1) is 6.92 Å². The van der Waals surface area contributed by atoms with Gasteiger partial charge in [-0.05, 0) is 43.5 Å². The molecular formula is C13H14O3. The minimum atomic E-state index is -0.736. The van der Waals surface area contributed by atoms with Gasteiger partial charge < -0.3 is 9.52 Å². The van der Waals surface area contributed by atoms with Gasteiger partial charge in [0.2, 0.25) is 0 Å². The SMILES string of the molecule is Cc1cc2cc(CCCC(=O)O)ccc2o1. The smallest absolute Gasteiger partial charge is 0.303 e. The summed E-state index contributed by atoms with van der Waals surface area (Å²) in [6.07, 6.45) is 1.70. The van der Waals surface area contributed by atoms with Crippen molar-refractivity contribution in [2.45, 2.75) is 26.2 Å². The summed E-state index contributed by atoms with van der Waals surface area (Å²) in [6.45, 7) is 1.92. The van der Waals surface area contributed by atoms with E-state index in [2.05, 4.69) is 6.07 Å². The Morgan fingerprint density at radius 3 is 2.94 bits per heavy atom. The molecule has 3 heteroatoms. The number of carbonyl (C=O) groups is 1. The Bertz CT molecular complexity index is 511. The van der Waals surface area contributed by atoms with Gasteiger partial charge in [0.1, 0.15) is 11.3 Å². The van der Waals surface area contributed by atoms with Crippen LogP contribution >= 0.6 is 0 Å². The van der Waals surface area contributed by atoms with Crippen molar-refractivity contribution >= 4 is 16.9 Å². The van der Waals surface area contributed by atoms with E-state index in [0.29, 0.717) is 6.42 Å². The number of aryl methyl sites for hydroxylation is 2. The fraction of sp³-hybridized carbons (Fsp3) is 0.308. The predicted octanol–water partition coefficient (Wildman–Crippen LogP) is 3.15. The van der Waals surface area contributed by atoms with Crippen LogP contribution < -0.4 is 0 Å². The maximum absolute atomic E-state index is 10.4. The molecule has 16 heavy (non-hydrogen) atoms. The van der Waals surface area contributed by atoms with Crippen molar-refractivity contribution in [2.75, 3.05) is 0 Å². The molecule has 1 N–H and O–H groups in total. The molecule has 0 unspecified atom stereocenters. The van der Waals surface area contributed by atoms with Gasteiger partial charge in [0.25, 0.3) is 0 Å². The average molecular weight is 218 g/mol. The lowest BCUT2D eigenvalue weighted by atomic mass is 10.1. The number of furan rings is 1. The molecule has 0 aliphatic carbocycles. The van der Waals surface area contributed by atoms with Gasteiger partial charge in [-0.2, -0.15) is 0 Å². The molecule has 3 nitrogen and oxygen atoms in total. The molecule has 0 bridgehead atoms. The van der Waals surface area contributed by atoms with Crippen LogP contribution in [0.2, 0.25) is 0 Å². The third-order valence-electron chi connectivity index (χ3n) is 2.56. The van der Waals surface area contributed by atoms with Crippen LogP contribution in [-0.4, -0.2) is 11.1 Å². The molecular weight excluding hydrogens is 204 g/mol. The summed E-state index contributed by atoms with van der Waals surface area (Å²) in [7, 11) is 0. The molecule has 0 aliphatic rings. The van der Waals surface area contributed by atoms with Crippen LogP contribution in [0.3, 0.4) is 0 Å². The zero-order valence-electron chi connectivity index (χ0n) is 9.19. The molecule has 1 aromatic carbocycles. The van der Waals surface area contributed by atoms with Crippen LogP contribution in [0.15, 0.2) is 28.7 Å². The number of carboxylic acid groups (broad SMARTS) is 1. The molecule has 0 amide bonds. The molecule has 0 atom stereocenters. The Kier molecular flexibility index (Phi) is 2.95. The van der Waals surface area contributed by atoms with Crippen molar-refractivity contribution in [2.24, 2.45) is 0 Å². The second-order valence-electron chi connectivity index (χ2n) is 3.98. The van der Waals surface area contributed by atoms with E-state index in [1.165, 1.54) is 0 Å². The summed E-state index contributed by atoms with van der Waals surface area (Å²) >= 11 is 0. The molecule has 0 saturated carbocycles. The summed E-state index contributed by atoms with van der Waals surface area (Å²) in [5.41, 5.74) is 2.05. The molecule has 0 fully saturated rings. The largest absolute Gasteiger partial charge is 0.481 e. The Labute approximate surface area is 93.7 Å². The van der Waals surface area contributed by atoms with Gasteiger partial charge in [0.05, 0.1) is 0 Å². The molecule has 84 valence electrons. The van der Waals surface area contributed by atoms with Crippen molar-refractivity contribution in [3.63, 3.8) is 0 Å². The Balaban J connectivity index is 2.10. The number of fused-ring (bicyclic) bond motifs is 1. The number of rotatable bonds is 4. The summed E-state index contributed by atoms with van der Waals surface area (Å²) in [4.78, 5) is 10.4. The summed E-state index contributed by atoms with van der Waals surface area (Å²) < 4.78 is 5.47. The normalized spacial score (nSPS) is 10.8. The Hall–Kier alpha value is -1.77. The highest BCUT2D eigenvalue weighted by atomic mass is 16.4. The molecule has 0 saturated heterocycles. The van der Waals surface area contributed by atoms with Crippen molar-refractivity contribution in [1.29, 1.82) is 0 Å². The van der Waals surface area contributed by atoms with Crippen LogP contribution in [0.5, 0.6) is 0 Å². The monoisotopic (exact) mass is 218 g/mol. The Morgan fingerprint density at radius 1 is 1.38 bits per heavy atom. The van der Waals surface area contributed by atoms with Crippen molar-refractivity contribution < 1.29 is 14.3 Å². The van der Waals surface area contributed by atoms with E-state index in [4.69, 9.17) is 9.52 Å². The highest BCUT2D eigenvalue weighted by Gasteiger charge is 2.02. The minimum absolute atomic E-state index is 0.225. The average Bonchev–Trinajstić information content (AvgIpc) is 2.56. The van der Waals surface area contributed by atoms with Crippen LogP contribution in [0.25, 0.3) is 11.0 Å². The zero-order valence-corrected chi connectivity index (χ0v) is 9.19. The van der Waals surface area contributed by atoms with Gasteiger partial charge in [0.15, 0.2) is 0 Å². The lowest BCUT2D eigenvalue weighted by Crippen LogP contribution is -1.95. The van der Waals surface area contributed by atoms with Crippen molar-refractivity contribution in [1.82, 2.24) is 0 Å². The number of hydrogen-bond acceptors (Lipinski definition) is 2. The number of aliphatic carboxylic acids is 1. The lowest BCUT2D eigenvalue weighted by Gasteiger charge is -1.99. The van der Waals surface area contributed by atoms with Crippen molar-refractivity contribution in [3.05, 3.63) is 35.6 Å². The first-order valence-corrected chi connectivity index (χ1v) is 5.36. The van der Waals surface area contributed by atoms with Crippen molar-refractivity contribution in [3.8, 4) is 0 Å². The molecule has 0 spiro atoms. The quantitative estimate of drug-likeness (QED) is 0.857. The maximum Gasteiger partial charge on any atom is 0.303 e. The van der Waals surface area contributed by atoms with Gasteiger partial charge >= 0.3 is 5.97 Å². The van der Waals surface area contributed by atoms with Gasteiger partial charge in [-0.15, -0.1) is 0 Å². The van der Waals surface area contributed by atoms with Gasteiger partial charge in [-0.25, -0.2) is 0 Å².